The number of nitrogens with zero attached hydrogens (tertiary/aromatic N) is 3. The highest BCUT2D eigenvalue weighted by Crippen LogP contribution is 2.23. The summed E-state index contributed by atoms with van der Waals surface area (Å²) in [5.74, 6) is 0. The molecular formula is C13H24N4S. The van der Waals surface area contributed by atoms with Crippen molar-refractivity contribution in [1.29, 1.82) is 0 Å². The molecule has 1 saturated heterocycles. The van der Waals surface area contributed by atoms with E-state index in [0.717, 1.165) is 31.9 Å². The molecule has 0 radical (unpaired) electrons. The summed E-state index contributed by atoms with van der Waals surface area (Å²) in [6, 6.07) is 1.12. The number of anilines is 1. The number of nitrogens with one attached hydrogen (secondary N) is 1. The van der Waals surface area contributed by atoms with Gasteiger partial charge in [-0.15, -0.1) is 11.3 Å². The molecule has 1 aromatic rings. The van der Waals surface area contributed by atoms with Crippen LogP contribution in [-0.4, -0.2) is 48.6 Å². The first-order chi connectivity index (χ1) is 8.56. The van der Waals surface area contributed by atoms with Crippen LogP contribution >= 0.6 is 11.3 Å². The van der Waals surface area contributed by atoms with E-state index in [-0.39, 0.29) is 0 Å². The van der Waals surface area contributed by atoms with Crippen molar-refractivity contribution in [3.8, 4) is 0 Å². The maximum absolute atomic E-state index is 4.73. The minimum absolute atomic E-state index is 0.513. The van der Waals surface area contributed by atoms with Gasteiger partial charge in [0.2, 0.25) is 0 Å². The van der Waals surface area contributed by atoms with Crippen molar-refractivity contribution in [2.75, 3.05) is 31.6 Å². The van der Waals surface area contributed by atoms with Crippen LogP contribution in [0.3, 0.4) is 0 Å². The first kappa shape index (κ1) is 13.8. The lowest BCUT2D eigenvalue weighted by Gasteiger charge is -2.37. The Morgan fingerprint density at radius 2 is 2.28 bits per heavy atom. The molecular weight excluding hydrogens is 244 g/mol. The molecule has 0 amide bonds. The summed E-state index contributed by atoms with van der Waals surface area (Å²) in [6.07, 6.45) is 0. The first-order valence-electron chi connectivity index (χ1n) is 6.69. The fourth-order valence-electron chi connectivity index (χ4n) is 2.05. The third kappa shape index (κ3) is 3.43. The monoisotopic (exact) mass is 268 g/mol. The van der Waals surface area contributed by atoms with Crippen molar-refractivity contribution >= 4 is 16.5 Å². The lowest BCUT2D eigenvalue weighted by Crippen LogP contribution is -2.50. The van der Waals surface area contributed by atoms with Crippen molar-refractivity contribution in [3.05, 3.63) is 11.1 Å². The predicted octanol–water partition coefficient (Wildman–Crippen LogP) is 1.78. The van der Waals surface area contributed by atoms with Gasteiger partial charge in [-0.3, -0.25) is 0 Å². The van der Waals surface area contributed by atoms with E-state index in [9.17, 15) is 0 Å². The van der Waals surface area contributed by atoms with E-state index in [1.807, 2.05) is 0 Å². The van der Waals surface area contributed by atoms with Crippen LogP contribution in [0.2, 0.25) is 0 Å². The molecule has 5 heteroatoms. The smallest absolute Gasteiger partial charge is 0.185 e. The van der Waals surface area contributed by atoms with Crippen molar-refractivity contribution in [1.82, 2.24) is 15.2 Å². The van der Waals surface area contributed by atoms with Crippen LogP contribution in [0.1, 0.15) is 26.5 Å². The summed E-state index contributed by atoms with van der Waals surface area (Å²) in [4.78, 5) is 9.55. The zero-order valence-corrected chi connectivity index (χ0v) is 12.6. The van der Waals surface area contributed by atoms with Gasteiger partial charge in [0, 0.05) is 43.6 Å². The molecule has 1 aromatic heterocycles. The number of aromatic nitrogens is 1. The third-order valence-corrected chi connectivity index (χ3v) is 4.41. The van der Waals surface area contributed by atoms with E-state index in [2.05, 4.69) is 48.3 Å². The standard InChI is InChI=1S/C13H24N4S/c1-10(2)14-7-12-9-18-13(15-12)17-6-5-16(4)11(3)8-17/h9-11,14H,5-8H2,1-4H3. The molecule has 102 valence electrons. The molecule has 0 bridgehead atoms. The Balaban J connectivity index is 1.93. The molecule has 1 N–H and O–H groups in total. The summed E-state index contributed by atoms with van der Waals surface area (Å²) >= 11 is 1.77. The van der Waals surface area contributed by atoms with Crippen LogP contribution in [-0.2, 0) is 6.54 Å². The fourth-order valence-corrected chi connectivity index (χ4v) is 2.92. The zero-order chi connectivity index (χ0) is 13.1. The van der Waals surface area contributed by atoms with E-state index in [1.54, 1.807) is 11.3 Å². The maximum atomic E-state index is 4.73. The van der Waals surface area contributed by atoms with Gasteiger partial charge < -0.3 is 15.1 Å². The number of likely N-dealkylation sites (N-methyl/N-ethyl adjacent to an activating group) is 1. The van der Waals surface area contributed by atoms with Crippen LogP contribution < -0.4 is 10.2 Å². The van der Waals surface area contributed by atoms with Gasteiger partial charge in [0.15, 0.2) is 5.13 Å². The molecule has 1 fully saturated rings. The van der Waals surface area contributed by atoms with Crippen LogP contribution in [0.15, 0.2) is 5.38 Å². The van der Waals surface area contributed by atoms with E-state index < -0.39 is 0 Å². The molecule has 0 spiro atoms. The lowest BCUT2D eigenvalue weighted by molar-refractivity contribution is 0.234. The lowest BCUT2D eigenvalue weighted by atomic mass is 10.2. The minimum Gasteiger partial charge on any atom is -0.345 e. The van der Waals surface area contributed by atoms with E-state index in [1.165, 1.54) is 5.13 Å². The van der Waals surface area contributed by atoms with Crippen LogP contribution in [0, 0.1) is 0 Å². The summed E-state index contributed by atoms with van der Waals surface area (Å²) < 4.78 is 0. The maximum Gasteiger partial charge on any atom is 0.185 e. The Morgan fingerprint density at radius 1 is 1.50 bits per heavy atom. The Morgan fingerprint density at radius 3 is 2.94 bits per heavy atom. The largest absolute Gasteiger partial charge is 0.345 e. The summed E-state index contributed by atoms with van der Waals surface area (Å²) in [5, 5.41) is 6.76. The number of rotatable bonds is 4. The van der Waals surface area contributed by atoms with Crippen molar-refractivity contribution in [3.63, 3.8) is 0 Å². The molecule has 2 heterocycles. The molecule has 18 heavy (non-hydrogen) atoms. The van der Waals surface area contributed by atoms with Gasteiger partial charge in [-0.25, -0.2) is 4.98 Å². The summed E-state index contributed by atoms with van der Waals surface area (Å²) in [7, 11) is 2.20. The molecule has 1 atom stereocenters. The average molecular weight is 268 g/mol. The van der Waals surface area contributed by atoms with Gasteiger partial charge >= 0.3 is 0 Å². The van der Waals surface area contributed by atoms with E-state index in [0.29, 0.717) is 12.1 Å². The summed E-state index contributed by atoms with van der Waals surface area (Å²) in [6.45, 7) is 10.8. The third-order valence-electron chi connectivity index (χ3n) is 3.46. The van der Waals surface area contributed by atoms with Gasteiger partial charge in [-0.1, -0.05) is 13.8 Å². The Kier molecular flexibility index (Phi) is 4.59. The number of piperazine rings is 1. The zero-order valence-electron chi connectivity index (χ0n) is 11.8. The van der Waals surface area contributed by atoms with Crippen LogP contribution in [0.5, 0.6) is 0 Å². The second-order valence-electron chi connectivity index (χ2n) is 5.43. The first-order valence-corrected chi connectivity index (χ1v) is 7.57. The average Bonchev–Trinajstić information content (AvgIpc) is 2.79. The normalized spacial score (nSPS) is 21.8. The van der Waals surface area contributed by atoms with Crippen molar-refractivity contribution < 1.29 is 0 Å². The van der Waals surface area contributed by atoms with Crippen LogP contribution in [0.25, 0.3) is 0 Å². The molecule has 0 aliphatic carbocycles. The topological polar surface area (TPSA) is 31.4 Å². The van der Waals surface area contributed by atoms with E-state index >= 15 is 0 Å². The SMILES string of the molecule is CC(C)NCc1csc(N2CCN(C)C(C)C2)n1. The second-order valence-corrected chi connectivity index (χ2v) is 6.27. The number of hydrogen-bond acceptors (Lipinski definition) is 5. The Hall–Kier alpha value is -0.650. The van der Waals surface area contributed by atoms with E-state index in [4.69, 9.17) is 4.98 Å². The van der Waals surface area contributed by atoms with Gasteiger partial charge in [-0.05, 0) is 14.0 Å². The van der Waals surface area contributed by atoms with Gasteiger partial charge in [0.1, 0.15) is 0 Å². The summed E-state index contributed by atoms with van der Waals surface area (Å²) in [5.41, 5.74) is 1.16. The van der Waals surface area contributed by atoms with Gasteiger partial charge in [0.25, 0.3) is 0 Å². The highest BCUT2D eigenvalue weighted by Gasteiger charge is 2.22. The molecule has 1 unspecified atom stereocenters. The van der Waals surface area contributed by atoms with Gasteiger partial charge in [0.05, 0.1) is 5.69 Å². The number of thiazole rings is 1. The Bertz CT molecular complexity index is 377. The van der Waals surface area contributed by atoms with Crippen molar-refractivity contribution in [2.24, 2.45) is 0 Å². The predicted molar refractivity (Wildman–Crippen MR) is 78.4 cm³/mol. The molecule has 2 rings (SSSR count). The molecule has 0 aromatic carbocycles. The van der Waals surface area contributed by atoms with Crippen LogP contribution in [0.4, 0.5) is 5.13 Å². The highest BCUT2D eigenvalue weighted by atomic mass is 32.1. The highest BCUT2D eigenvalue weighted by molar-refractivity contribution is 7.13. The van der Waals surface area contributed by atoms with Gasteiger partial charge in [-0.2, -0.15) is 0 Å². The number of hydrogen-bond donors (Lipinski definition) is 1. The quantitative estimate of drug-likeness (QED) is 0.902. The molecule has 1 aliphatic heterocycles. The van der Waals surface area contributed by atoms with Crippen molar-refractivity contribution in [2.45, 2.75) is 39.4 Å². The minimum atomic E-state index is 0.513. The molecule has 1 aliphatic rings. The fraction of sp³-hybridized carbons (Fsp3) is 0.769. The molecule has 4 nitrogen and oxygen atoms in total. The second kappa shape index (κ2) is 5.99. The molecule has 0 saturated carbocycles. The Labute approximate surface area is 114 Å².